The van der Waals surface area contributed by atoms with Gasteiger partial charge in [0.2, 0.25) is 6.61 Å². The van der Waals surface area contributed by atoms with E-state index in [1.165, 1.54) is 6.42 Å². The highest BCUT2D eigenvalue weighted by Crippen LogP contribution is 2.36. The first-order valence-corrected chi connectivity index (χ1v) is 5.28. The van der Waals surface area contributed by atoms with Crippen LogP contribution in [-0.4, -0.2) is 23.4 Å². The van der Waals surface area contributed by atoms with E-state index in [-0.39, 0.29) is 12.0 Å². The molecule has 1 aliphatic carbocycles. The maximum absolute atomic E-state index is 10.2. The molecule has 4 heteroatoms. The van der Waals surface area contributed by atoms with Crippen LogP contribution in [0.3, 0.4) is 0 Å². The lowest BCUT2D eigenvalue weighted by Gasteiger charge is -2.33. The smallest absolute Gasteiger partial charge is 0.344 e. The molecule has 1 aliphatic rings. The number of carboxylic acids is 1. The Morgan fingerprint density at radius 2 is 2.33 bits per heavy atom. The second kappa shape index (κ2) is 4.64. The highest BCUT2D eigenvalue weighted by Gasteiger charge is 2.29. The molecule has 1 saturated carbocycles. The Balaban J connectivity index is 2.50. The monoisotopic (exact) mass is 213 g/mol. The first-order chi connectivity index (χ1) is 6.89. The summed E-state index contributed by atoms with van der Waals surface area (Å²) in [6, 6.07) is 0. The first kappa shape index (κ1) is 12.0. The number of oxime groups is 1. The molecule has 0 radical (unpaired) electrons. The highest BCUT2D eigenvalue weighted by atomic mass is 16.6. The summed E-state index contributed by atoms with van der Waals surface area (Å²) in [6.45, 7) is 6.25. The number of aliphatic carboxylic acids is 1. The van der Waals surface area contributed by atoms with Gasteiger partial charge in [-0.1, -0.05) is 25.9 Å². The number of hydrogen-bond donors (Lipinski definition) is 1. The molecule has 1 unspecified atom stereocenters. The molecule has 15 heavy (non-hydrogen) atoms. The third kappa shape index (κ3) is 4.32. The van der Waals surface area contributed by atoms with Gasteiger partial charge in [0.05, 0.1) is 5.71 Å². The molecule has 0 heterocycles. The topological polar surface area (TPSA) is 58.9 Å². The van der Waals surface area contributed by atoms with Gasteiger partial charge >= 0.3 is 5.97 Å². The second-order valence-electron chi connectivity index (χ2n) is 5.18. The van der Waals surface area contributed by atoms with Crippen LogP contribution in [-0.2, 0) is 9.63 Å². The SMILES string of the molecule is CC1C/C(=N/OCC(=O)O)CC(C)(C)C1. The molecule has 1 N–H and O–H groups in total. The van der Waals surface area contributed by atoms with Gasteiger partial charge in [0, 0.05) is 0 Å². The summed E-state index contributed by atoms with van der Waals surface area (Å²) in [5.41, 5.74) is 1.24. The zero-order valence-electron chi connectivity index (χ0n) is 9.62. The van der Waals surface area contributed by atoms with E-state index in [0.717, 1.165) is 18.6 Å². The van der Waals surface area contributed by atoms with E-state index in [9.17, 15) is 4.79 Å². The highest BCUT2D eigenvalue weighted by molar-refractivity contribution is 5.85. The quantitative estimate of drug-likeness (QED) is 0.732. The van der Waals surface area contributed by atoms with Crippen molar-refractivity contribution in [1.82, 2.24) is 0 Å². The van der Waals surface area contributed by atoms with Crippen molar-refractivity contribution in [3.63, 3.8) is 0 Å². The van der Waals surface area contributed by atoms with Crippen molar-refractivity contribution in [3.05, 3.63) is 0 Å². The molecule has 4 nitrogen and oxygen atoms in total. The van der Waals surface area contributed by atoms with E-state index in [2.05, 4.69) is 25.9 Å². The molecule has 0 aromatic carbocycles. The van der Waals surface area contributed by atoms with E-state index in [1.807, 2.05) is 0 Å². The summed E-state index contributed by atoms with van der Waals surface area (Å²) < 4.78 is 0. The van der Waals surface area contributed by atoms with Crippen molar-refractivity contribution in [2.75, 3.05) is 6.61 Å². The predicted molar refractivity (Wildman–Crippen MR) is 57.8 cm³/mol. The number of hydrogen-bond acceptors (Lipinski definition) is 3. The molecule has 1 rings (SSSR count). The number of rotatable bonds is 3. The van der Waals surface area contributed by atoms with Gasteiger partial charge in [-0.2, -0.15) is 0 Å². The van der Waals surface area contributed by atoms with Crippen molar-refractivity contribution >= 4 is 11.7 Å². The Bertz CT molecular complexity index is 271. The van der Waals surface area contributed by atoms with E-state index >= 15 is 0 Å². The van der Waals surface area contributed by atoms with Crippen LogP contribution in [0.4, 0.5) is 0 Å². The largest absolute Gasteiger partial charge is 0.479 e. The van der Waals surface area contributed by atoms with Gasteiger partial charge in [0.15, 0.2) is 0 Å². The Kier molecular flexibility index (Phi) is 3.72. The van der Waals surface area contributed by atoms with Crippen LogP contribution in [0.5, 0.6) is 0 Å². The maximum Gasteiger partial charge on any atom is 0.344 e. The third-order valence-corrected chi connectivity index (χ3v) is 2.55. The van der Waals surface area contributed by atoms with Gasteiger partial charge in [0.25, 0.3) is 0 Å². The molecule has 86 valence electrons. The predicted octanol–water partition coefficient (Wildman–Crippen LogP) is 2.29. The van der Waals surface area contributed by atoms with E-state index in [4.69, 9.17) is 9.94 Å². The van der Waals surface area contributed by atoms with Crippen LogP contribution < -0.4 is 0 Å². The molecule has 1 atom stereocenters. The van der Waals surface area contributed by atoms with E-state index in [1.54, 1.807) is 0 Å². The van der Waals surface area contributed by atoms with Crippen molar-refractivity contribution in [1.29, 1.82) is 0 Å². The van der Waals surface area contributed by atoms with Crippen LogP contribution in [0.25, 0.3) is 0 Å². The molecule has 1 fully saturated rings. The number of carbonyl (C=O) groups is 1. The van der Waals surface area contributed by atoms with Crippen LogP contribution >= 0.6 is 0 Å². The summed E-state index contributed by atoms with van der Waals surface area (Å²) in [7, 11) is 0. The van der Waals surface area contributed by atoms with Gasteiger partial charge in [-0.05, 0) is 30.6 Å². The van der Waals surface area contributed by atoms with Gasteiger partial charge in [-0.3, -0.25) is 0 Å². The van der Waals surface area contributed by atoms with Crippen molar-refractivity contribution in [2.24, 2.45) is 16.5 Å². The van der Waals surface area contributed by atoms with Gasteiger partial charge in [-0.25, -0.2) is 4.79 Å². The fourth-order valence-corrected chi connectivity index (χ4v) is 2.36. The lowest BCUT2D eigenvalue weighted by Crippen LogP contribution is -2.28. The zero-order valence-corrected chi connectivity index (χ0v) is 9.62. The minimum absolute atomic E-state index is 0.253. The summed E-state index contributed by atoms with van der Waals surface area (Å²) in [4.78, 5) is 15.0. The Hall–Kier alpha value is -1.06. The van der Waals surface area contributed by atoms with Gasteiger partial charge in [-0.15, -0.1) is 0 Å². The summed E-state index contributed by atoms with van der Waals surface area (Å²) in [5.74, 6) is -0.386. The second-order valence-corrected chi connectivity index (χ2v) is 5.18. The summed E-state index contributed by atoms with van der Waals surface area (Å²) in [5, 5.41) is 12.3. The fraction of sp³-hybridized carbons (Fsp3) is 0.818. The molecular weight excluding hydrogens is 194 g/mol. The van der Waals surface area contributed by atoms with Crippen LogP contribution in [0, 0.1) is 11.3 Å². The average Bonchev–Trinajstić information content (AvgIpc) is 1.98. The molecule has 0 saturated heterocycles. The Morgan fingerprint density at radius 1 is 1.67 bits per heavy atom. The Morgan fingerprint density at radius 3 is 2.87 bits per heavy atom. The fourth-order valence-electron chi connectivity index (χ4n) is 2.36. The van der Waals surface area contributed by atoms with Crippen molar-refractivity contribution in [2.45, 2.75) is 40.0 Å². The maximum atomic E-state index is 10.2. The zero-order chi connectivity index (χ0) is 11.5. The van der Waals surface area contributed by atoms with Gasteiger partial charge < -0.3 is 9.94 Å². The molecule has 0 amide bonds. The minimum Gasteiger partial charge on any atom is -0.479 e. The molecule has 0 bridgehead atoms. The molecule has 0 spiro atoms. The van der Waals surface area contributed by atoms with Crippen LogP contribution in [0.15, 0.2) is 5.16 Å². The van der Waals surface area contributed by atoms with Crippen LogP contribution in [0.1, 0.15) is 40.0 Å². The minimum atomic E-state index is -0.984. The molecular formula is C11H19NO3. The average molecular weight is 213 g/mol. The van der Waals surface area contributed by atoms with E-state index in [0.29, 0.717) is 5.92 Å². The third-order valence-electron chi connectivity index (χ3n) is 2.55. The van der Waals surface area contributed by atoms with Gasteiger partial charge in [0.1, 0.15) is 0 Å². The number of carboxylic acid groups (broad SMARTS) is 1. The standard InChI is InChI=1S/C11H19NO3/c1-8-4-9(6-11(2,3)5-8)12-15-7-10(13)14/h8H,4-7H2,1-3H3,(H,13,14)/b12-9-. The summed E-state index contributed by atoms with van der Waals surface area (Å²) in [6.07, 6.45) is 3.00. The Labute approximate surface area is 90.3 Å². The first-order valence-electron chi connectivity index (χ1n) is 5.28. The van der Waals surface area contributed by atoms with E-state index < -0.39 is 5.97 Å². The van der Waals surface area contributed by atoms with Crippen LogP contribution in [0.2, 0.25) is 0 Å². The van der Waals surface area contributed by atoms with Crippen molar-refractivity contribution in [3.8, 4) is 0 Å². The lowest BCUT2D eigenvalue weighted by molar-refractivity contribution is -0.142. The molecule has 0 aromatic heterocycles. The molecule has 0 aromatic rings. The lowest BCUT2D eigenvalue weighted by atomic mass is 9.72. The van der Waals surface area contributed by atoms with Crippen molar-refractivity contribution < 1.29 is 14.7 Å². The molecule has 0 aliphatic heterocycles. The number of nitrogens with zero attached hydrogens (tertiary/aromatic N) is 1. The normalized spacial score (nSPS) is 27.7. The summed E-state index contributed by atoms with van der Waals surface area (Å²) >= 11 is 0.